The molecule has 0 spiro atoms. The van der Waals surface area contributed by atoms with E-state index in [1.165, 1.54) is 128 Å². The van der Waals surface area contributed by atoms with Crippen LogP contribution in [0.5, 0.6) is 0 Å². The molecule has 1 rings (SSSR count). The van der Waals surface area contributed by atoms with Crippen molar-refractivity contribution in [3.63, 3.8) is 0 Å². The SMILES string of the molecule is CC/C=C\C/C=C\C/C=C\C/C=C\C/C=C\C/C=C\C/C=C\C/C=C\C/C=C\C/C=C\CCCCCCCCCCCCC(=O)NC(COC1OC(CO)C(O)C(O)C1O)C(O)/C=C/CC/C=C/CCCCCCCCCCCCCCCC. The van der Waals surface area contributed by atoms with Gasteiger partial charge in [0.15, 0.2) is 6.29 Å². The second-order valence-electron chi connectivity index (χ2n) is 22.9. The van der Waals surface area contributed by atoms with E-state index in [1.807, 2.05) is 6.08 Å². The van der Waals surface area contributed by atoms with Crippen LogP contribution in [0.3, 0.4) is 0 Å². The summed E-state index contributed by atoms with van der Waals surface area (Å²) in [6, 6.07) is -0.835. The van der Waals surface area contributed by atoms with E-state index in [0.29, 0.717) is 6.42 Å². The van der Waals surface area contributed by atoms with Gasteiger partial charge in [-0.25, -0.2) is 0 Å². The number of carbonyl (C=O) groups excluding carboxylic acids is 1. The van der Waals surface area contributed by atoms with Crippen molar-refractivity contribution in [3.8, 4) is 0 Å². The van der Waals surface area contributed by atoms with Crippen LogP contribution < -0.4 is 5.32 Å². The molecule has 0 aliphatic carbocycles. The average molecular weight is 1170 g/mol. The van der Waals surface area contributed by atoms with Crippen LogP contribution in [-0.2, 0) is 14.3 Å². The summed E-state index contributed by atoms with van der Waals surface area (Å²) in [5.41, 5.74) is 0. The average Bonchev–Trinajstić information content (AvgIpc) is 3.70. The zero-order valence-electron chi connectivity index (χ0n) is 53.4. The highest BCUT2D eigenvalue weighted by Crippen LogP contribution is 2.23. The number of aliphatic hydroxyl groups excluding tert-OH is 5. The number of hydrogen-bond acceptors (Lipinski definition) is 8. The number of nitrogens with one attached hydrogen (secondary N) is 1. The van der Waals surface area contributed by atoms with Crippen molar-refractivity contribution in [2.45, 2.75) is 307 Å². The number of carbonyl (C=O) groups is 1. The van der Waals surface area contributed by atoms with Crippen molar-refractivity contribution in [3.05, 3.63) is 146 Å². The van der Waals surface area contributed by atoms with Crippen LogP contribution >= 0.6 is 0 Å². The predicted molar refractivity (Wildman–Crippen MR) is 359 cm³/mol. The van der Waals surface area contributed by atoms with E-state index in [9.17, 15) is 30.3 Å². The zero-order chi connectivity index (χ0) is 60.7. The molecule has 1 amide bonds. The highest BCUT2D eigenvalue weighted by Gasteiger charge is 2.44. The number of rotatable bonds is 57. The van der Waals surface area contributed by atoms with E-state index in [1.54, 1.807) is 6.08 Å². The Balaban J connectivity index is 2.16. The molecule has 0 aromatic heterocycles. The van der Waals surface area contributed by atoms with Crippen LogP contribution in [0.25, 0.3) is 0 Å². The third-order valence-corrected chi connectivity index (χ3v) is 15.1. The van der Waals surface area contributed by atoms with Crippen molar-refractivity contribution in [2.75, 3.05) is 13.2 Å². The monoisotopic (exact) mass is 1170 g/mol. The van der Waals surface area contributed by atoms with Crippen molar-refractivity contribution in [2.24, 2.45) is 0 Å². The summed E-state index contributed by atoms with van der Waals surface area (Å²) in [6.45, 7) is 3.65. The lowest BCUT2D eigenvalue weighted by atomic mass is 9.99. The number of amides is 1. The van der Waals surface area contributed by atoms with Gasteiger partial charge in [0.1, 0.15) is 24.4 Å². The number of aliphatic hydroxyl groups is 5. The first-order valence-electron chi connectivity index (χ1n) is 34.1. The molecule has 84 heavy (non-hydrogen) atoms. The molecule has 1 aliphatic rings. The second kappa shape index (κ2) is 62.1. The van der Waals surface area contributed by atoms with Gasteiger partial charge in [0, 0.05) is 6.42 Å². The fourth-order valence-electron chi connectivity index (χ4n) is 9.85. The molecular weight excluding hydrogens is 1040 g/mol. The van der Waals surface area contributed by atoms with E-state index in [0.717, 1.165) is 116 Å². The summed E-state index contributed by atoms with van der Waals surface area (Å²) in [5, 5.41) is 54.6. The molecule has 9 nitrogen and oxygen atoms in total. The summed E-state index contributed by atoms with van der Waals surface area (Å²) in [4.78, 5) is 13.1. The molecule has 0 aromatic rings. The maximum absolute atomic E-state index is 13.1. The molecule has 0 saturated carbocycles. The Kier molecular flexibility index (Phi) is 57.8. The quantitative estimate of drug-likeness (QED) is 0.0261. The van der Waals surface area contributed by atoms with Gasteiger partial charge < -0.3 is 40.3 Å². The second-order valence-corrected chi connectivity index (χ2v) is 22.9. The Morgan fingerprint density at radius 2 is 0.750 bits per heavy atom. The van der Waals surface area contributed by atoms with Gasteiger partial charge >= 0.3 is 0 Å². The lowest BCUT2D eigenvalue weighted by Crippen LogP contribution is -2.60. The van der Waals surface area contributed by atoms with Gasteiger partial charge in [0.25, 0.3) is 0 Å². The molecule has 7 unspecified atom stereocenters. The molecular formula is C75H125NO8. The maximum Gasteiger partial charge on any atom is 0.220 e. The molecule has 7 atom stereocenters. The van der Waals surface area contributed by atoms with Gasteiger partial charge in [-0.2, -0.15) is 0 Å². The van der Waals surface area contributed by atoms with E-state index in [2.05, 4.69) is 153 Å². The lowest BCUT2D eigenvalue weighted by Gasteiger charge is -2.40. The highest BCUT2D eigenvalue weighted by molar-refractivity contribution is 5.76. The minimum atomic E-state index is -1.58. The Hall–Kier alpha value is -3.93. The van der Waals surface area contributed by atoms with Crippen molar-refractivity contribution in [1.82, 2.24) is 5.32 Å². The first-order valence-corrected chi connectivity index (χ1v) is 34.1. The maximum atomic E-state index is 13.1. The predicted octanol–water partition coefficient (Wildman–Crippen LogP) is 18.6. The van der Waals surface area contributed by atoms with Crippen LogP contribution in [0.15, 0.2) is 146 Å². The normalized spacial score (nSPS) is 19.2. The van der Waals surface area contributed by atoms with Gasteiger partial charge in [-0.3, -0.25) is 4.79 Å². The zero-order valence-corrected chi connectivity index (χ0v) is 53.4. The number of ether oxygens (including phenoxy) is 2. The number of allylic oxidation sites excluding steroid dienone is 23. The Morgan fingerprint density at radius 3 is 1.14 bits per heavy atom. The van der Waals surface area contributed by atoms with Crippen LogP contribution in [0, 0.1) is 0 Å². The lowest BCUT2D eigenvalue weighted by molar-refractivity contribution is -0.302. The van der Waals surface area contributed by atoms with Gasteiger partial charge in [-0.05, 0) is 109 Å². The fraction of sp³-hybridized carbons (Fsp3) is 0.667. The fourth-order valence-corrected chi connectivity index (χ4v) is 9.85. The molecule has 1 fully saturated rings. The van der Waals surface area contributed by atoms with Crippen LogP contribution in [0.1, 0.15) is 264 Å². The number of hydrogen-bond donors (Lipinski definition) is 6. The summed E-state index contributed by atoms with van der Waals surface area (Å²) >= 11 is 0. The highest BCUT2D eigenvalue weighted by atomic mass is 16.7. The minimum Gasteiger partial charge on any atom is -0.394 e. The van der Waals surface area contributed by atoms with E-state index < -0.39 is 49.5 Å². The Morgan fingerprint density at radius 1 is 0.417 bits per heavy atom. The smallest absolute Gasteiger partial charge is 0.220 e. The molecule has 1 heterocycles. The van der Waals surface area contributed by atoms with Gasteiger partial charge in [-0.15, -0.1) is 0 Å². The van der Waals surface area contributed by atoms with E-state index >= 15 is 0 Å². The van der Waals surface area contributed by atoms with Crippen molar-refractivity contribution in [1.29, 1.82) is 0 Å². The molecule has 9 heteroatoms. The molecule has 0 radical (unpaired) electrons. The summed E-state index contributed by atoms with van der Waals surface area (Å²) < 4.78 is 11.3. The summed E-state index contributed by atoms with van der Waals surface area (Å²) in [5.74, 6) is -0.196. The molecule has 0 aromatic carbocycles. The Labute approximate surface area is 514 Å². The first-order chi connectivity index (χ1) is 41.3. The molecule has 6 N–H and O–H groups in total. The van der Waals surface area contributed by atoms with Gasteiger partial charge in [0.2, 0.25) is 5.91 Å². The Bertz CT molecular complexity index is 1830. The minimum absolute atomic E-state index is 0.196. The van der Waals surface area contributed by atoms with Crippen molar-refractivity contribution >= 4 is 5.91 Å². The topological polar surface area (TPSA) is 149 Å². The van der Waals surface area contributed by atoms with Crippen LogP contribution in [0.4, 0.5) is 0 Å². The third kappa shape index (κ3) is 50.2. The number of unbranched alkanes of at least 4 members (excludes halogenated alkanes) is 25. The summed E-state index contributed by atoms with van der Waals surface area (Å²) in [7, 11) is 0. The van der Waals surface area contributed by atoms with Gasteiger partial charge in [-0.1, -0.05) is 295 Å². The summed E-state index contributed by atoms with van der Waals surface area (Å²) in [6.07, 6.45) is 89.3. The third-order valence-electron chi connectivity index (χ3n) is 15.1. The van der Waals surface area contributed by atoms with Gasteiger partial charge in [0.05, 0.1) is 25.4 Å². The molecule has 478 valence electrons. The van der Waals surface area contributed by atoms with E-state index in [4.69, 9.17) is 9.47 Å². The standard InChI is InChI=1S/C75H125NO8/c1-3-5-7-9-11-13-15-17-19-21-23-25-26-27-28-29-30-31-32-33-34-35-36-37-38-39-40-41-42-43-44-45-47-49-51-53-55-57-59-61-63-65-71(79)76-68(67-83-75-74(82)73(81)72(80)70(66-77)84-75)69(78)64-62-60-58-56-54-52-50-48-46-24-22-20-18-16-14-12-10-8-6-4-2/h5,7,11,13,17,19,23,25,27-28,30-31,33-34,36-37,39-40,42-43,54,56,62,64,68-70,72-75,77-78,80-82H,3-4,6,8-10,12,14-16,18,20-22,24,26,29,32,35,38,41,44-53,55,57-61,63,65-67H2,1-2H3,(H,76,79)/b7-5-,13-11-,19-17-,25-23-,28-27-,31-30-,34-33-,37-36-,40-39-,43-42-,56-54+,64-62+. The largest absolute Gasteiger partial charge is 0.394 e. The molecule has 1 saturated heterocycles. The van der Waals surface area contributed by atoms with E-state index in [-0.39, 0.29) is 12.5 Å². The molecule has 1 aliphatic heterocycles. The first kappa shape index (κ1) is 78.1. The van der Waals surface area contributed by atoms with Crippen molar-refractivity contribution < 1.29 is 39.8 Å². The van der Waals surface area contributed by atoms with Crippen LogP contribution in [0.2, 0.25) is 0 Å². The van der Waals surface area contributed by atoms with Crippen LogP contribution in [-0.4, -0.2) is 87.5 Å². The molecule has 0 bridgehead atoms.